The molecule has 0 amide bonds. The van der Waals surface area contributed by atoms with Crippen LogP contribution >= 0.6 is 23.2 Å². The van der Waals surface area contributed by atoms with E-state index in [1.807, 2.05) is 0 Å². The number of carbonyl (C=O) groups is 1. The molecule has 0 aliphatic carbocycles. The van der Waals surface area contributed by atoms with Gasteiger partial charge in [-0.25, -0.2) is 0 Å². The highest BCUT2D eigenvalue weighted by atomic mass is 35.5. The van der Waals surface area contributed by atoms with Gasteiger partial charge in [-0.3, -0.25) is 4.79 Å². The molecule has 0 aromatic heterocycles. The summed E-state index contributed by atoms with van der Waals surface area (Å²) in [5.74, 6) is -2.63. The molecule has 0 spiro atoms. The smallest absolute Gasteiger partial charge is 0.284 e. The largest absolute Gasteiger partial charge is 0.454 e. The van der Waals surface area contributed by atoms with Gasteiger partial charge in [0.2, 0.25) is 0 Å². The zero-order valence-corrected chi connectivity index (χ0v) is 9.60. The highest BCUT2D eigenvalue weighted by molar-refractivity contribution is 6.42. The minimum absolute atomic E-state index is 0.183. The Hall–Kier alpha value is -0.950. The van der Waals surface area contributed by atoms with Crippen LogP contribution in [-0.2, 0) is 6.18 Å². The van der Waals surface area contributed by atoms with Gasteiger partial charge >= 0.3 is 12.4 Å². The van der Waals surface area contributed by atoms with Gasteiger partial charge in [0.15, 0.2) is 0 Å². The lowest BCUT2D eigenvalue weighted by atomic mass is 10.0. The first-order valence-electron chi connectivity index (χ1n) is 4.12. The molecule has 1 aromatic rings. The molecule has 0 N–H and O–H groups in total. The predicted octanol–water partition coefficient (Wildman–Crippen LogP) is 4.76. The first-order valence-corrected chi connectivity index (χ1v) is 4.88. The van der Waals surface area contributed by atoms with Gasteiger partial charge in [0.1, 0.15) is 0 Å². The van der Waals surface area contributed by atoms with E-state index in [0.717, 1.165) is 0 Å². The molecule has 0 bridgehead atoms. The van der Waals surface area contributed by atoms with Crippen molar-refractivity contribution in [2.75, 3.05) is 0 Å². The maximum absolute atomic E-state index is 12.5. The molecule has 9 heteroatoms. The quantitative estimate of drug-likeness (QED) is 0.540. The Balaban J connectivity index is 3.52. The standard InChI is InChI=1S/C9H2Cl2F6O/c10-5-1-3(7(18)9(15,16)17)4(2-6(5)11)8(12,13)14/h1-2H. The van der Waals surface area contributed by atoms with Gasteiger partial charge in [0.25, 0.3) is 5.78 Å². The fraction of sp³-hybridized carbons (Fsp3) is 0.222. The lowest BCUT2D eigenvalue weighted by molar-refractivity contribution is -0.138. The molecule has 0 atom stereocenters. The van der Waals surface area contributed by atoms with Gasteiger partial charge in [-0.1, -0.05) is 23.2 Å². The average molecular weight is 311 g/mol. The summed E-state index contributed by atoms with van der Waals surface area (Å²) in [6.07, 6.45) is -10.6. The number of Topliss-reactive ketones (excluding diaryl/α,β-unsaturated/α-hetero) is 1. The molecule has 1 nitrogen and oxygen atoms in total. The summed E-state index contributed by atoms with van der Waals surface area (Å²) in [7, 11) is 0. The molecule has 1 aromatic carbocycles. The van der Waals surface area contributed by atoms with Crippen LogP contribution in [0.15, 0.2) is 12.1 Å². The monoisotopic (exact) mass is 310 g/mol. The fourth-order valence-electron chi connectivity index (χ4n) is 1.12. The molecular formula is C9H2Cl2F6O. The van der Waals surface area contributed by atoms with Crippen LogP contribution in [0.3, 0.4) is 0 Å². The van der Waals surface area contributed by atoms with E-state index in [-0.39, 0.29) is 12.1 Å². The average Bonchev–Trinajstić information content (AvgIpc) is 2.17. The van der Waals surface area contributed by atoms with Gasteiger partial charge in [-0.2, -0.15) is 26.3 Å². The highest BCUT2D eigenvalue weighted by Gasteiger charge is 2.45. The zero-order chi connectivity index (χ0) is 14.3. The summed E-state index contributed by atoms with van der Waals surface area (Å²) in [5, 5.41) is -1.17. The number of hydrogen-bond acceptors (Lipinski definition) is 1. The predicted molar refractivity (Wildman–Crippen MR) is 51.8 cm³/mol. The fourth-order valence-corrected chi connectivity index (χ4v) is 1.45. The van der Waals surface area contributed by atoms with Crippen molar-refractivity contribution in [3.8, 4) is 0 Å². The molecule has 1 rings (SSSR count). The van der Waals surface area contributed by atoms with Crippen LogP contribution < -0.4 is 0 Å². The molecule has 100 valence electrons. The van der Waals surface area contributed by atoms with Crippen molar-refractivity contribution in [2.45, 2.75) is 12.4 Å². The third kappa shape index (κ3) is 3.08. The van der Waals surface area contributed by atoms with Gasteiger partial charge in [0.05, 0.1) is 15.6 Å². The number of halogens is 8. The summed E-state index contributed by atoms with van der Waals surface area (Å²) in [4.78, 5) is 10.9. The van der Waals surface area contributed by atoms with Crippen molar-refractivity contribution in [1.82, 2.24) is 0 Å². The number of carbonyl (C=O) groups excluding carboxylic acids is 1. The second-order valence-corrected chi connectivity index (χ2v) is 3.95. The molecule has 18 heavy (non-hydrogen) atoms. The van der Waals surface area contributed by atoms with Crippen molar-refractivity contribution in [2.24, 2.45) is 0 Å². The van der Waals surface area contributed by atoms with Crippen LogP contribution in [0.25, 0.3) is 0 Å². The van der Waals surface area contributed by atoms with Crippen LogP contribution in [-0.4, -0.2) is 12.0 Å². The summed E-state index contributed by atoms with van der Waals surface area (Å²) in [6, 6.07) is 0.436. The van der Waals surface area contributed by atoms with E-state index in [2.05, 4.69) is 0 Å². The summed E-state index contributed by atoms with van der Waals surface area (Å²) < 4.78 is 73.9. The van der Waals surface area contributed by atoms with Crippen LogP contribution in [0.5, 0.6) is 0 Å². The van der Waals surface area contributed by atoms with E-state index in [9.17, 15) is 31.1 Å². The van der Waals surface area contributed by atoms with Crippen molar-refractivity contribution < 1.29 is 31.1 Å². The zero-order valence-electron chi connectivity index (χ0n) is 8.09. The van der Waals surface area contributed by atoms with E-state index >= 15 is 0 Å². The van der Waals surface area contributed by atoms with Crippen molar-refractivity contribution in [3.63, 3.8) is 0 Å². The molecule has 0 saturated heterocycles. The first kappa shape index (κ1) is 15.1. The van der Waals surface area contributed by atoms with Crippen molar-refractivity contribution >= 4 is 29.0 Å². The normalized spacial score (nSPS) is 12.7. The van der Waals surface area contributed by atoms with E-state index in [4.69, 9.17) is 23.2 Å². The lowest BCUT2D eigenvalue weighted by Gasteiger charge is -2.14. The molecule has 0 heterocycles. The molecule has 0 saturated carbocycles. The number of rotatable bonds is 1. The van der Waals surface area contributed by atoms with Crippen LogP contribution in [0.1, 0.15) is 15.9 Å². The molecule has 0 aliphatic heterocycles. The number of benzene rings is 1. The van der Waals surface area contributed by atoms with Crippen molar-refractivity contribution in [3.05, 3.63) is 33.3 Å². The maximum Gasteiger partial charge on any atom is 0.454 e. The Morgan fingerprint density at radius 2 is 1.39 bits per heavy atom. The Morgan fingerprint density at radius 1 is 0.944 bits per heavy atom. The Morgan fingerprint density at radius 3 is 1.78 bits per heavy atom. The maximum atomic E-state index is 12.5. The van der Waals surface area contributed by atoms with Crippen LogP contribution in [0.4, 0.5) is 26.3 Å². The second kappa shape index (κ2) is 4.62. The van der Waals surface area contributed by atoms with Crippen LogP contribution in [0.2, 0.25) is 10.0 Å². The van der Waals surface area contributed by atoms with Gasteiger partial charge in [-0.15, -0.1) is 0 Å². The lowest BCUT2D eigenvalue weighted by Crippen LogP contribution is -2.26. The van der Waals surface area contributed by atoms with Gasteiger partial charge < -0.3 is 0 Å². The highest BCUT2D eigenvalue weighted by Crippen LogP contribution is 2.38. The van der Waals surface area contributed by atoms with Gasteiger partial charge in [0, 0.05) is 5.56 Å². The van der Waals surface area contributed by atoms with E-state index in [0.29, 0.717) is 0 Å². The number of hydrogen-bond donors (Lipinski definition) is 0. The number of alkyl halides is 6. The Kier molecular flexibility index (Phi) is 3.88. The molecule has 0 aliphatic rings. The second-order valence-electron chi connectivity index (χ2n) is 3.14. The minimum Gasteiger partial charge on any atom is -0.284 e. The third-order valence-corrected chi connectivity index (χ3v) is 2.59. The molecule has 0 fully saturated rings. The minimum atomic E-state index is -5.43. The Labute approximate surface area is 106 Å². The van der Waals surface area contributed by atoms with E-state index in [1.54, 1.807) is 0 Å². The SMILES string of the molecule is O=C(c1cc(Cl)c(Cl)cc1C(F)(F)F)C(F)(F)F. The Bertz CT molecular complexity index is 491. The molecule has 0 unspecified atom stereocenters. The van der Waals surface area contributed by atoms with E-state index < -0.39 is 39.3 Å². The molecular weight excluding hydrogens is 309 g/mol. The topological polar surface area (TPSA) is 17.1 Å². The molecule has 0 radical (unpaired) electrons. The summed E-state index contributed by atoms with van der Waals surface area (Å²) in [6.45, 7) is 0. The first-order chi connectivity index (χ1) is 7.94. The van der Waals surface area contributed by atoms with Crippen LogP contribution in [0, 0.1) is 0 Å². The summed E-state index contributed by atoms with van der Waals surface area (Å²) in [5.41, 5.74) is -3.36. The number of ketones is 1. The van der Waals surface area contributed by atoms with Crippen molar-refractivity contribution in [1.29, 1.82) is 0 Å². The van der Waals surface area contributed by atoms with Gasteiger partial charge in [-0.05, 0) is 12.1 Å². The summed E-state index contributed by atoms with van der Waals surface area (Å²) >= 11 is 10.6. The van der Waals surface area contributed by atoms with E-state index in [1.165, 1.54) is 0 Å². The third-order valence-electron chi connectivity index (χ3n) is 1.87.